The first-order valence-electron chi connectivity index (χ1n) is 8.95. The molecule has 4 rings (SSSR count). The molecule has 2 amide bonds. The highest BCUT2D eigenvalue weighted by molar-refractivity contribution is 7.09. The summed E-state index contributed by atoms with van der Waals surface area (Å²) < 4.78 is 0. The molecule has 1 aliphatic heterocycles. The number of anilines is 2. The number of amides is 2. The van der Waals surface area contributed by atoms with Crippen molar-refractivity contribution >= 4 is 34.7 Å². The van der Waals surface area contributed by atoms with E-state index in [-0.39, 0.29) is 11.8 Å². The molecule has 3 aromatic rings. The summed E-state index contributed by atoms with van der Waals surface area (Å²) in [6.07, 6.45) is 2.30. The Morgan fingerprint density at radius 2 is 2.07 bits per heavy atom. The molecule has 3 heterocycles. The fraction of sp³-hybridized carbons (Fsp3) is 0.200. The fourth-order valence-corrected chi connectivity index (χ4v) is 3.75. The Morgan fingerprint density at radius 3 is 2.82 bits per heavy atom. The molecule has 1 aliphatic rings. The van der Waals surface area contributed by atoms with Crippen molar-refractivity contribution in [2.75, 3.05) is 29.9 Å². The van der Waals surface area contributed by atoms with Gasteiger partial charge in [0.05, 0.1) is 23.4 Å². The zero-order valence-corrected chi connectivity index (χ0v) is 15.9. The molecule has 0 spiro atoms. The van der Waals surface area contributed by atoms with Crippen LogP contribution < -0.4 is 15.5 Å². The number of carbonyl (C=O) groups is 2. The number of nitrogens with zero attached hydrogens (tertiary/aromatic N) is 3. The molecule has 0 atom stereocenters. The van der Waals surface area contributed by atoms with E-state index in [9.17, 15) is 9.59 Å². The number of aromatic nitrogens is 2. The summed E-state index contributed by atoms with van der Waals surface area (Å²) in [5.41, 5.74) is 2.15. The number of nitrogens with one attached hydrogen (secondary N) is 2. The molecule has 0 bridgehead atoms. The van der Waals surface area contributed by atoms with E-state index in [2.05, 4.69) is 20.6 Å². The predicted molar refractivity (Wildman–Crippen MR) is 109 cm³/mol. The molecular weight excluding hydrogens is 374 g/mol. The van der Waals surface area contributed by atoms with E-state index in [1.165, 1.54) is 11.3 Å². The summed E-state index contributed by atoms with van der Waals surface area (Å²) in [7, 11) is 0. The van der Waals surface area contributed by atoms with Crippen LogP contribution in [0.25, 0.3) is 0 Å². The van der Waals surface area contributed by atoms with Crippen LogP contribution in [-0.2, 0) is 11.2 Å². The standard InChI is InChI=1S/C20H19N5O2S/c26-18-12-25(9-8-21-18)17-7-6-15(11-22-17)23-20(27)16-13-28-19(24-16)10-14-4-2-1-3-5-14/h1-7,11,13H,8-10,12H2,(H,21,26)(H,23,27). The zero-order chi connectivity index (χ0) is 19.3. The number of rotatable bonds is 5. The molecule has 0 aliphatic carbocycles. The van der Waals surface area contributed by atoms with E-state index in [0.29, 0.717) is 43.3 Å². The summed E-state index contributed by atoms with van der Waals surface area (Å²) in [4.78, 5) is 34.6. The topological polar surface area (TPSA) is 87.2 Å². The van der Waals surface area contributed by atoms with Gasteiger partial charge in [-0.25, -0.2) is 9.97 Å². The maximum atomic E-state index is 12.5. The van der Waals surface area contributed by atoms with E-state index in [0.717, 1.165) is 10.6 Å². The Hall–Kier alpha value is -3.26. The lowest BCUT2D eigenvalue weighted by Gasteiger charge is -2.27. The molecule has 1 aromatic carbocycles. The van der Waals surface area contributed by atoms with Crippen molar-refractivity contribution in [1.82, 2.24) is 15.3 Å². The highest BCUT2D eigenvalue weighted by Crippen LogP contribution is 2.18. The highest BCUT2D eigenvalue weighted by atomic mass is 32.1. The van der Waals surface area contributed by atoms with Gasteiger partial charge in [-0.1, -0.05) is 30.3 Å². The number of carbonyl (C=O) groups excluding carboxylic acids is 2. The average molecular weight is 393 g/mol. The van der Waals surface area contributed by atoms with Gasteiger partial charge in [-0.3, -0.25) is 9.59 Å². The summed E-state index contributed by atoms with van der Waals surface area (Å²) >= 11 is 1.47. The maximum Gasteiger partial charge on any atom is 0.275 e. The predicted octanol–water partition coefficient (Wildman–Crippen LogP) is 2.32. The summed E-state index contributed by atoms with van der Waals surface area (Å²) in [5, 5.41) is 8.26. The van der Waals surface area contributed by atoms with Gasteiger partial charge in [-0.15, -0.1) is 11.3 Å². The summed E-state index contributed by atoms with van der Waals surface area (Å²) in [5.74, 6) is 0.439. The molecule has 0 saturated carbocycles. The Bertz CT molecular complexity index is 972. The van der Waals surface area contributed by atoms with Gasteiger partial charge in [0.15, 0.2) is 0 Å². The number of piperazine rings is 1. The van der Waals surface area contributed by atoms with Crippen LogP contribution in [0.4, 0.5) is 11.5 Å². The molecular formula is C20H19N5O2S. The third-order valence-electron chi connectivity index (χ3n) is 4.35. The van der Waals surface area contributed by atoms with Crippen LogP contribution in [0.3, 0.4) is 0 Å². The van der Waals surface area contributed by atoms with Crippen LogP contribution in [0.15, 0.2) is 54.0 Å². The van der Waals surface area contributed by atoms with Crippen molar-refractivity contribution in [3.63, 3.8) is 0 Å². The highest BCUT2D eigenvalue weighted by Gasteiger charge is 2.17. The second-order valence-electron chi connectivity index (χ2n) is 6.42. The van der Waals surface area contributed by atoms with Crippen molar-refractivity contribution in [3.8, 4) is 0 Å². The molecule has 142 valence electrons. The molecule has 28 heavy (non-hydrogen) atoms. The Labute approximate surface area is 166 Å². The smallest absolute Gasteiger partial charge is 0.275 e. The van der Waals surface area contributed by atoms with Crippen molar-refractivity contribution < 1.29 is 9.59 Å². The fourth-order valence-electron chi connectivity index (χ4n) is 2.94. The van der Waals surface area contributed by atoms with E-state index in [4.69, 9.17) is 0 Å². The van der Waals surface area contributed by atoms with Crippen LogP contribution in [0.1, 0.15) is 21.1 Å². The van der Waals surface area contributed by atoms with Crippen molar-refractivity contribution in [2.24, 2.45) is 0 Å². The van der Waals surface area contributed by atoms with Gasteiger partial charge in [-0.2, -0.15) is 0 Å². The Kier molecular flexibility index (Phi) is 5.29. The average Bonchev–Trinajstić information content (AvgIpc) is 3.18. The Balaban J connectivity index is 1.38. The normalized spacial score (nSPS) is 13.9. The van der Waals surface area contributed by atoms with Crippen LogP contribution in [0.2, 0.25) is 0 Å². The minimum atomic E-state index is -0.262. The molecule has 7 nitrogen and oxygen atoms in total. The summed E-state index contributed by atoms with van der Waals surface area (Å²) in [6.45, 7) is 1.61. The monoisotopic (exact) mass is 393 g/mol. The number of hydrogen-bond acceptors (Lipinski definition) is 6. The second-order valence-corrected chi connectivity index (χ2v) is 7.36. The third kappa shape index (κ3) is 4.34. The molecule has 2 N–H and O–H groups in total. The molecule has 0 unspecified atom stereocenters. The third-order valence-corrected chi connectivity index (χ3v) is 5.20. The van der Waals surface area contributed by atoms with E-state index in [1.54, 1.807) is 23.7 Å². The van der Waals surface area contributed by atoms with Crippen LogP contribution in [0, 0.1) is 0 Å². The number of thiazole rings is 1. The second kappa shape index (κ2) is 8.18. The van der Waals surface area contributed by atoms with Gasteiger partial charge in [0, 0.05) is 24.9 Å². The number of hydrogen-bond donors (Lipinski definition) is 2. The Morgan fingerprint density at radius 1 is 1.21 bits per heavy atom. The van der Waals surface area contributed by atoms with Gasteiger partial charge in [0.25, 0.3) is 5.91 Å². The minimum Gasteiger partial charge on any atom is -0.353 e. The van der Waals surface area contributed by atoms with Gasteiger partial charge in [0.1, 0.15) is 11.5 Å². The first-order valence-corrected chi connectivity index (χ1v) is 9.83. The lowest BCUT2D eigenvalue weighted by atomic mass is 10.2. The summed E-state index contributed by atoms with van der Waals surface area (Å²) in [6, 6.07) is 13.6. The van der Waals surface area contributed by atoms with Crippen molar-refractivity contribution in [3.05, 3.63) is 70.3 Å². The van der Waals surface area contributed by atoms with Gasteiger partial charge in [-0.05, 0) is 17.7 Å². The number of benzene rings is 1. The van der Waals surface area contributed by atoms with Crippen molar-refractivity contribution in [2.45, 2.75) is 6.42 Å². The lowest BCUT2D eigenvalue weighted by molar-refractivity contribution is -0.120. The van der Waals surface area contributed by atoms with Crippen LogP contribution in [-0.4, -0.2) is 41.4 Å². The zero-order valence-electron chi connectivity index (χ0n) is 15.1. The van der Waals surface area contributed by atoms with Crippen LogP contribution in [0.5, 0.6) is 0 Å². The number of pyridine rings is 1. The molecule has 0 radical (unpaired) electrons. The van der Waals surface area contributed by atoms with Crippen molar-refractivity contribution in [1.29, 1.82) is 0 Å². The molecule has 1 fully saturated rings. The lowest BCUT2D eigenvalue weighted by Crippen LogP contribution is -2.48. The maximum absolute atomic E-state index is 12.5. The first-order chi connectivity index (χ1) is 13.7. The van der Waals surface area contributed by atoms with Crippen LogP contribution >= 0.6 is 11.3 Å². The molecule has 8 heteroatoms. The van der Waals surface area contributed by atoms with Gasteiger partial charge < -0.3 is 15.5 Å². The van der Waals surface area contributed by atoms with Gasteiger partial charge >= 0.3 is 0 Å². The first kappa shape index (κ1) is 18.1. The largest absolute Gasteiger partial charge is 0.353 e. The van der Waals surface area contributed by atoms with Gasteiger partial charge in [0.2, 0.25) is 5.91 Å². The molecule has 2 aromatic heterocycles. The quantitative estimate of drug-likeness (QED) is 0.695. The van der Waals surface area contributed by atoms with E-state index in [1.807, 2.05) is 35.2 Å². The SMILES string of the molecule is O=C1CN(c2ccc(NC(=O)c3csc(Cc4ccccc4)n3)cn2)CCN1. The minimum absolute atomic E-state index is 0.0136. The van der Waals surface area contributed by atoms with E-state index < -0.39 is 0 Å². The molecule has 1 saturated heterocycles. The van der Waals surface area contributed by atoms with E-state index >= 15 is 0 Å².